The van der Waals surface area contributed by atoms with E-state index in [1.54, 1.807) is 38.3 Å². The van der Waals surface area contributed by atoms with Gasteiger partial charge in [0.25, 0.3) is 0 Å². The Morgan fingerprint density at radius 3 is 2.94 bits per heavy atom. The Morgan fingerprint density at radius 1 is 1.33 bits per heavy atom. The van der Waals surface area contributed by atoms with Crippen LogP contribution in [0.5, 0.6) is 5.75 Å². The fourth-order valence-electron chi connectivity index (χ4n) is 1.52. The summed E-state index contributed by atoms with van der Waals surface area (Å²) >= 11 is 0. The normalized spacial score (nSPS) is 10.6. The lowest BCUT2D eigenvalue weighted by molar-refractivity contribution is 0.155. The van der Waals surface area contributed by atoms with Gasteiger partial charge in [-0.3, -0.25) is 0 Å². The number of aryl methyl sites for hydroxylation is 1. The summed E-state index contributed by atoms with van der Waals surface area (Å²) in [6.07, 6.45) is 0. The summed E-state index contributed by atoms with van der Waals surface area (Å²) in [4.78, 5) is 0. The van der Waals surface area contributed by atoms with Gasteiger partial charge in [-0.05, 0) is 18.6 Å². The zero-order valence-electron chi connectivity index (χ0n) is 10.3. The van der Waals surface area contributed by atoms with Crippen LogP contribution >= 0.6 is 0 Å². The van der Waals surface area contributed by atoms with Crippen molar-refractivity contribution in [3.8, 4) is 5.75 Å². The molecule has 0 aliphatic heterocycles. The number of nitrogens with zero attached hydrogens (tertiary/aromatic N) is 1. The Labute approximate surface area is 104 Å². The van der Waals surface area contributed by atoms with Crippen LogP contribution in [0.15, 0.2) is 28.8 Å². The Bertz CT molecular complexity index is 525. The van der Waals surface area contributed by atoms with Gasteiger partial charge in [0.15, 0.2) is 17.3 Å². The third-order valence-corrected chi connectivity index (χ3v) is 2.43. The molecule has 0 fully saturated rings. The number of ether oxygens (including phenoxy) is 2. The highest BCUT2D eigenvalue weighted by molar-refractivity contribution is 5.30. The first-order valence-corrected chi connectivity index (χ1v) is 5.52. The molecule has 0 spiro atoms. The first kappa shape index (κ1) is 12.6. The van der Waals surface area contributed by atoms with E-state index in [0.717, 1.165) is 0 Å². The summed E-state index contributed by atoms with van der Waals surface area (Å²) in [6, 6.07) is 6.73. The first-order valence-electron chi connectivity index (χ1n) is 5.52. The largest absolute Gasteiger partial charge is 0.484 e. The average Bonchev–Trinajstić information content (AvgIpc) is 2.79. The fourth-order valence-corrected chi connectivity index (χ4v) is 1.52. The van der Waals surface area contributed by atoms with Crippen molar-refractivity contribution in [1.29, 1.82) is 0 Å². The van der Waals surface area contributed by atoms with E-state index in [9.17, 15) is 4.39 Å². The van der Waals surface area contributed by atoms with Gasteiger partial charge in [0.05, 0.1) is 0 Å². The molecular formula is C13H14FNO3. The molecule has 0 unspecified atom stereocenters. The van der Waals surface area contributed by atoms with Gasteiger partial charge in [-0.15, -0.1) is 0 Å². The fraction of sp³-hybridized carbons (Fsp3) is 0.308. The average molecular weight is 251 g/mol. The van der Waals surface area contributed by atoms with Crippen LogP contribution in [0.1, 0.15) is 17.0 Å². The van der Waals surface area contributed by atoms with Gasteiger partial charge in [0.2, 0.25) is 0 Å². The Kier molecular flexibility index (Phi) is 3.94. The molecule has 4 nitrogen and oxygen atoms in total. The summed E-state index contributed by atoms with van der Waals surface area (Å²) in [5.41, 5.74) is 1.15. The molecule has 1 aromatic carbocycles. The van der Waals surface area contributed by atoms with Crippen LogP contribution in [0.25, 0.3) is 0 Å². The van der Waals surface area contributed by atoms with Crippen LogP contribution in [0, 0.1) is 12.7 Å². The molecule has 96 valence electrons. The van der Waals surface area contributed by atoms with Crippen molar-refractivity contribution in [3.05, 3.63) is 47.1 Å². The zero-order valence-corrected chi connectivity index (χ0v) is 10.3. The smallest absolute Gasteiger partial charge is 0.167 e. The number of hydrogen-bond acceptors (Lipinski definition) is 4. The molecule has 0 aliphatic carbocycles. The number of halogens is 1. The van der Waals surface area contributed by atoms with Gasteiger partial charge < -0.3 is 14.0 Å². The molecule has 0 amide bonds. The molecule has 2 rings (SSSR count). The molecule has 0 aliphatic rings. The van der Waals surface area contributed by atoms with E-state index < -0.39 is 0 Å². The molecule has 0 radical (unpaired) electrons. The van der Waals surface area contributed by atoms with Gasteiger partial charge in [0, 0.05) is 13.2 Å². The maximum Gasteiger partial charge on any atom is 0.167 e. The monoisotopic (exact) mass is 251 g/mol. The van der Waals surface area contributed by atoms with E-state index >= 15 is 0 Å². The number of benzene rings is 1. The van der Waals surface area contributed by atoms with Crippen LogP contribution < -0.4 is 4.74 Å². The van der Waals surface area contributed by atoms with Crippen molar-refractivity contribution < 1.29 is 18.4 Å². The topological polar surface area (TPSA) is 44.5 Å². The zero-order chi connectivity index (χ0) is 13.0. The van der Waals surface area contributed by atoms with E-state index in [-0.39, 0.29) is 18.2 Å². The third kappa shape index (κ3) is 2.87. The first-order chi connectivity index (χ1) is 8.70. The standard InChI is InChI=1S/C13H14FNO3/c1-9-4-3-5-12(13(9)14)17-7-10-6-11(8-16-2)18-15-10/h3-6H,7-8H2,1-2H3. The molecule has 18 heavy (non-hydrogen) atoms. The molecule has 1 aromatic heterocycles. The lowest BCUT2D eigenvalue weighted by atomic mass is 10.2. The molecule has 0 atom stereocenters. The van der Waals surface area contributed by atoms with Gasteiger partial charge in [-0.1, -0.05) is 17.3 Å². The third-order valence-electron chi connectivity index (χ3n) is 2.43. The van der Waals surface area contributed by atoms with E-state index in [1.165, 1.54) is 0 Å². The number of methoxy groups -OCH3 is 1. The van der Waals surface area contributed by atoms with Crippen LogP contribution in [-0.4, -0.2) is 12.3 Å². The summed E-state index contributed by atoms with van der Waals surface area (Å²) in [5.74, 6) is 0.477. The molecule has 0 N–H and O–H groups in total. The van der Waals surface area contributed by atoms with Crippen molar-refractivity contribution in [2.45, 2.75) is 20.1 Å². The SMILES string of the molecule is COCc1cc(COc2cccc(C)c2F)no1. The van der Waals surface area contributed by atoms with Crippen LogP contribution in [0.2, 0.25) is 0 Å². The van der Waals surface area contributed by atoms with Crippen molar-refractivity contribution >= 4 is 0 Å². The van der Waals surface area contributed by atoms with Crippen molar-refractivity contribution in [2.75, 3.05) is 7.11 Å². The van der Waals surface area contributed by atoms with E-state index in [2.05, 4.69) is 5.16 Å². The maximum atomic E-state index is 13.6. The summed E-state index contributed by atoms with van der Waals surface area (Å²) in [6.45, 7) is 2.20. The minimum atomic E-state index is -0.349. The van der Waals surface area contributed by atoms with Gasteiger partial charge in [0.1, 0.15) is 18.9 Å². The quantitative estimate of drug-likeness (QED) is 0.819. The molecule has 5 heteroatoms. The summed E-state index contributed by atoms with van der Waals surface area (Å²) in [7, 11) is 1.57. The minimum absolute atomic E-state index is 0.160. The molecule has 2 aromatic rings. The van der Waals surface area contributed by atoms with Gasteiger partial charge in [-0.25, -0.2) is 4.39 Å². The van der Waals surface area contributed by atoms with Crippen LogP contribution in [0.4, 0.5) is 4.39 Å². The van der Waals surface area contributed by atoms with Crippen LogP contribution in [-0.2, 0) is 18.0 Å². The Balaban J connectivity index is 2.00. The molecular weight excluding hydrogens is 237 g/mol. The van der Waals surface area contributed by atoms with Crippen LogP contribution in [0.3, 0.4) is 0 Å². The second-order valence-corrected chi connectivity index (χ2v) is 3.89. The number of rotatable bonds is 5. The predicted molar refractivity (Wildman–Crippen MR) is 62.7 cm³/mol. The number of aromatic nitrogens is 1. The maximum absolute atomic E-state index is 13.6. The Morgan fingerprint density at radius 2 is 2.17 bits per heavy atom. The molecule has 0 bridgehead atoms. The van der Waals surface area contributed by atoms with Crippen molar-refractivity contribution in [1.82, 2.24) is 5.16 Å². The predicted octanol–water partition coefficient (Wildman–Crippen LogP) is 2.85. The minimum Gasteiger partial charge on any atom is -0.484 e. The highest BCUT2D eigenvalue weighted by atomic mass is 19.1. The van der Waals surface area contributed by atoms with Crippen molar-refractivity contribution in [2.24, 2.45) is 0 Å². The molecule has 1 heterocycles. The second-order valence-electron chi connectivity index (χ2n) is 3.89. The van der Waals surface area contributed by atoms with Gasteiger partial charge in [-0.2, -0.15) is 0 Å². The van der Waals surface area contributed by atoms with E-state index in [4.69, 9.17) is 14.0 Å². The lowest BCUT2D eigenvalue weighted by Gasteiger charge is -2.06. The highest BCUT2D eigenvalue weighted by Gasteiger charge is 2.08. The van der Waals surface area contributed by atoms with Gasteiger partial charge >= 0.3 is 0 Å². The summed E-state index contributed by atoms with van der Waals surface area (Å²) in [5, 5.41) is 3.80. The van der Waals surface area contributed by atoms with Crippen molar-refractivity contribution in [3.63, 3.8) is 0 Å². The van der Waals surface area contributed by atoms with E-state index in [1.807, 2.05) is 0 Å². The summed E-state index contributed by atoms with van der Waals surface area (Å²) < 4.78 is 28.9. The Hall–Kier alpha value is -1.88. The molecule has 0 saturated heterocycles. The number of hydrogen-bond donors (Lipinski definition) is 0. The van der Waals surface area contributed by atoms with E-state index in [0.29, 0.717) is 23.6 Å². The lowest BCUT2D eigenvalue weighted by Crippen LogP contribution is -1.98. The highest BCUT2D eigenvalue weighted by Crippen LogP contribution is 2.20. The second kappa shape index (κ2) is 5.64. The molecule has 0 saturated carbocycles.